The van der Waals surface area contributed by atoms with E-state index in [0.29, 0.717) is 25.3 Å². The average Bonchev–Trinajstić information content (AvgIpc) is 2.44. The van der Waals surface area contributed by atoms with Crippen molar-refractivity contribution in [1.29, 1.82) is 0 Å². The van der Waals surface area contributed by atoms with Crippen LogP contribution < -0.4 is 10.2 Å². The van der Waals surface area contributed by atoms with Gasteiger partial charge in [0.1, 0.15) is 5.82 Å². The van der Waals surface area contributed by atoms with Crippen molar-refractivity contribution >= 4 is 5.69 Å². The van der Waals surface area contributed by atoms with Crippen LogP contribution in [-0.4, -0.2) is 43.6 Å². The van der Waals surface area contributed by atoms with Crippen LogP contribution in [0.4, 0.5) is 10.1 Å². The molecule has 4 nitrogen and oxygen atoms in total. The van der Waals surface area contributed by atoms with E-state index in [0.717, 1.165) is 18.5 Å². The summed E-state index contributed by atoms with van der Waals surface area (Å²) in [6, 6.07) is 5.24. The van der Waals surface area contributed by atoms with Gasteiger partial charge < -0.3 is 20.1 Å². The van der Waals surface area contributed by atoms with Gasteiger partial charge in [-0.15, -0.1) is 0 Å². The molecule has 118 valence electrons. The van der Waals surface area contributed by atoms with E-state index in [1.807, 2.05) is 19.9 Å². The minimum atomic E-state index is -0.185. The van der Waals surface area contributed by atoms with Gasteiger partial charge in [-0.2, -0.15) is 0 Å². The molecule has 0 bridgehead atoms. The molecular formula is C16H25FN2O2. The smallest absolute Gasteiger partial charge is 0.146 e. The quantitative estimate of drug-likeness (QED) is 0.787. The van der Waals surface area contributed by atoms with Crippen LogP contribution in [0.2, 0.25) is 0 Å². The van der Waals surface area contributed by atoms with Crippen molar-refractivity contribution in [1.82, 2.24) is 5.32 Å². The van der Waals surface area contributed by atoms with Gasteiger partial charge in [0, 0.05) is 26.2 Å². The largest absolute Gasteiger partial charge is 0.396 e. The Morgan fingerprint density at radius 1 is 1.33 bits per heavy atom. The van der Waals surface area contributed by atoms with Gasteiger partial charge in [0.25, 0.3) is 0 Å². The Bertz CT molecular complexity index is 446. The Morgan fingerprint density at radius 2 is 2.05 bits per heavy atom. The highest BCUT2D eigenvalue weighted by molar-refractivity contribution is 5.50. The molecule has 1 aromatic carbocycles. The molecule has 1 saturated heterocycles. The number of nitrogens with zero attached hydrogens (tertiary/aromatic N) is 1. The second kappa shape index (κ2) is 7.73. The number of aliphatic hydroxyl groups excluding tert-OH is 1. The van der Waals surface area contributed by atoms with Crippen molar-refractivity contribution in [2.24, 2.45) is 0 Å². The normalized spacial score (nSPS) is 22.6. The minimum Gasteiger partial charge on any atom is -0.396 e. The summed E-state index contributed by atoms with van der Waals surface area (Å²) in [5.41, 5.74) is 1.70. The monoisotopic (exact) mass is 296 g/mol. The summed E-state index contributed by atoms with van der Waals surface area (Å²) in [6.07, 6.45) is 0.950. The van der Waals surface area contributed by atoms with E-state index < -0.39 is 0 Å². The fourth-order valence-corrected chi connectivity index (χ4v) is 2.72. The molecule has 2 rings (SSSR count). The Kier molecular flexibility index (Phi) is 5.96. The predicted molar refractivity (Wildman–Crippen MR) is 82.0 cm³/mol. The first-order chi connectivity index (χ1) is 10.1. The minimum absolute atomic E-state index is 0.111. The van der Waals surface area contributed by atoms with E-state index in [4.69, 9.17) is 9.84 Å². The van der Waals surface area contributed by atoms with Gasteiger partial charge in [-0.1, -0.05) is 6.07 Å². The van der Waals surface area contributed by atoms with Gasteiger partial charge >= 0.3 is 0 Å². The van der Waals surface area contributed by atoms with E-state index in [1.165, 1.54) is 6.07 Å². The lowest BCUT2D eigenvalue weighted by Gasteiger charge is -2.37. The van der Waals surface area contributed by atoms with E-state index in [-0.39, 0.29) is 24.6 Å². The number of rotatable bonds is 6. The lowest BCUT2D eigenvalue weighted by molar-refractivity contribution is -0.00539. The number of morpholine rings is 1. The van der Waals surface area contributed by atoms with E-state index >= 15 is 0 Å². The van der Waals surface area contributed by atoms with Crippen molar-refractivity contribution in [3.05, 3.63) is 29.6 Å². The van der Waals surface area contributed by atoms with Gasteiger partial charge in [-0.25, -0.2) is 4.39 Å². The average molecular weight is 296 g/mol. The number of ether oxygens (including phenoxy) is 1. The Morgan fingerprint density at radius 3 is 2.71 bits per heavy atom. The summed E-state index contributed by atoms with van der Waals surface area (Å²) in [4.78, 5) is 2.06. The van der Waals surface area contributed by atoms with Gasteiger partial charge in [0.05, 0.1) is 17.9 Å². The van der Waals surface area contributed by atoms with Crippen LogP contribution in [0, 0.1) is 5.82 Å². The summed E-state index contributed by atoms with van der Waals surface area (Å²) in [7, 11) is 0. The third-order valence-electron chi connectivity index (χ3n) is 3.61. The zero-order valence-electron chi connectivity index (χ0n) is 12.8. The molecule has 0 saturated carbocycles. The number of hydrogen-bond donors (Lipinski definition) is 2. The predicted octanol–water partition coefficient (Wildman–Crippen LogP) is 1.91. The summed E-state index contributed by atoms with van der Waals surface area (Å²) in [6.45, 7) is 7.08. The molecule has 5 heteroatoms. The molecule has 0 spiro atoms. The Balaban J connectivity index is 2.04. The number of anilines is 1. The number of hydrogen-bond acceptors (Lipinski definition) is 4. The Hall–Kier alpha value is -1.17. The van der Waals surface area contributed by atoms with Crippen molar-refractivity contribution in [2.45, 2.75) is 39.0 Å². The topological polar surface area (TPSA) is 44.7 Å². The highest BCUT2D eigenvalue weighted by Crippen LogP contribution is 2.24. The van der Waals surface area contributed by atoms with E-state index in [2.05, 4.69) is 10.2 Å². The molecule has 1 heterocycles. The lowest BCUT2D eigenvalue weighted by Crippen LogP contribution is -2.45. The molecule has 1 aliphatic heterocycles. The van der Waals surface area contributed by atoms with Crippen LogP contribution in [0.5, 0.6) is 0 Å². The third-order valence-corrected chi connectivity index (χ3v) is 3.61. The van der Waals surface area contributed by atoms with E-state index in [9.17, 15) is 4.39 Å². The van der Waals surface area contributed by atoms with Gasteiger partial charge in [-0.05, 0) is 44.5 Å². The maximum atomic E-state index is 14.1. The first-order valence-corrected chi connectivity index (χ1v) is 7.60. The summed E-state index contributed by atoms with van der Waals surface area (Å²) in [5.74, 6) is -0.185. The zero-order chi connectivity index (χ0) is 15.2. The second-order valence-corrected chi connectivity index (χ2v) is 5.70. The molecule has 1 aliphatic rings. The summed E-state index contributed by atoms with van der Waals surface area (Å²) in [5, 5.41) is 12.0. The van der Waals surface area contributed by atoms with Crippen molar-refractivity contribution in [3.63, 3.8) is 0 Å². The molecular weight excluding hydrogens is 271 g/mol. The van der Waals surface area contributed by atoms with Crippen molar-refractivity contribution in [2.75, 3.05) is 31.1 Å². The molecule has 1 fully saturated rings. The summed E-state index contributed by atoms with van der Waals surface area (Å²) >= 11 is 0. The first kappa shape index (κ1) is 16.2. The third kappa shape index (κ3) is 4.66. The Labute approximate surface area is 125 Å². The molecule has 2 N–H and O–H groups in total. The van der Waals surface area contributed by atoms with Crippen molar-refractivity contribution in [3.8, 4) is 0 Å². The maximum absolute atomic E-state index is 14.1. The van der Waals surface area contributed by atoms with E-state index in [1.54, 1.807) is 6.07 Å². The molecule has 21 heavy (non-hydrogen) atoms. The van der Waals surface area contributed by atoms with Crippen LogP contribution in [0.25, 0.3) is 0 Å². The number of nitrogens with one attached hydrogen (secondary N) is 1. The zero-order valence-corrected chi connectivity index (χ0v) is 12.8. The molecule has 2 unspecified atom stereocenters. The highest BCUT2D eigenvalue weighted by atomic mass is 19.1. The van der Waals surface area contributed by atoms with Crippen molar-refractivity contribution < 1.29 is 14.2 Å². The summed E-state index contributed by atoms with van der Waals surface area (Å²) < 4.78 is 19.8. The van der Waals surface area contributed by atoms with Crippen LogP contribution in [0.3, 0.4) is 0 Å². The first-order valence-electron chi connectivity index (χ1n) is 7.60. The fourth-order valence-electron chi connectivity index (χ4n) is 2.72. The van der Waals surface area contributed by atoms with Crippen LogP contribution in [0.15, 0.2) is 18.2 Å². The second-order valence-electron chi connectivity index (χ2n) is 5.70. The van der Waals surface area contributed by atoms with Crippen LogP contribution in [-0.2, 0) is 11.3 Å². The van der Waals surface area contributed by atoms with Gasteiger partial charge in [0.15, 0.2) is 0 Å². The molecule has 0 aliphatic carbocycles. The maximum Gasteiger partial charge on any atom is 0.146 e. The molecule has 1 aromatic rings. The molecule has 0 amide bonds. The van der Waals surface area contributed by atoms with Gasteiger partial charge in [0.2, 0.25) is 0 Å². The standard InChI is InChI=1S/C16H25FN2O2/c1-12-10-19(11-13(2)21-12)16-8-14(4-5-15(16)17)9-18-6-3-7-20/h4-5,8,12-13,18,20H,3,6-7,9-11H2,1-2H3. The highest BCUT2D eigenvalue weighted by Gasteiger charge is 2.24. The molecule has 0 radical (unpaired) electrons. The lowest BCUT2D eigenvalue weighted by atomic mass is 10.1. The molecule has 2 atom stereocenters. The van der Waals surface area contributed by atoms with Crippen LogP contribution in [0.1, 0.15) is 25.8 Å². The molecule has 0 aromatic heterocycles. The van der Waals surface area contributed by atoms with Crippen LogP contribution >= 0.6 is 0 Å². The number of halogens is 1. The fraction of sp³-hybridized carbons (Fsp3) is 0.625. The van der Waals surface area contributed by atoms with Gasteiger partial charge in [-0.3, -0.25) is 0 Å². The number of aliphatic hydroxyl groups is 1. The SMILES string of the molecule is CC1CN(c2cc(CNCCCO)ccc2F)CC(C)O1. The number of benzene rings is 1.